The fraction of sp³-hybridized carbons (Fsp3) is 0.167. The maximum Gasteiger partial charge on any atom is 0.241 e. The summed E-state index contributed by atoms with van der Waals surface area (Å²) in [6, 6.07) is 5.25. The summed E-state index contributed by atoms with van der Waals surface area (Å²) in [6.45, 7) is 0. The zero-order valence-corrected chi connectivity index (χ0v) is 11.0. The number of hydrogen-bond donors (Lipinski definition) is 1. The number of halogens is 1. The third-order valence-electron chi connectivity index (χ3n) is 2.93. The van der Waals surface area contributed by atoms with E-state index in [4.69, 9.17) is 0 Å². The Kier molecular flexibility index (Phi) is 3.01. The average molecular weight is 295 g/mol. The van der Waals surface area contributed by atoms with E-state index in [-0.39, 0.29) is 17.8 Å². The van der Waals surface area contributed by atoms with Gasteiger partial charge in [0.2, 0.25) is 10.0 Å². The van der Waals surface area contributed by atoms with E-state index >= 15 is 0 Å². The smallest absolute Gasteiger partial charge is 0.241 e. The number of rotatable bonds is 3. The van der Waals surface area contributed by atoms with E-state index in [1.807, 2.05) is 0 Å². The highest BCUT2D eigenvalue weighted by Crippen LogP contribution is 2.32. The lowest BCUT2D eigenvalue weighted by Crippen LogP contribution is -2.23. The van der Waals surface area contributed by atoms with Crippen molar-refractivity contribution in [2.45, 2.75) is 11.7 Å². The molecule has 1 atom stereocenters. The SMILES string of the molecule is O=S(=O)(Nc1cccc(F)c1)C1CC=Cc2nonc21. The van der Waals surface area contributed by atoms with Crippen LogP contribution in [0.2, 0.25) is 0 Å². The second-order valence-electron chi connectivity index (χ2n) is 4.32. The molecule has 1 unspecified atom stereocenters. The third kappa shape index (κ3) is 2.29. The van der Waals surface area contributed by atoms with Gasteiger partial charge in [0.05, 0.1) is 5.69 Å². The zero-order chi connectivity index (χ0) is 14.2. The highest BCUT2D eigenvalue weighted by atomic mass is 32.2. The molecule has 1 aliphatic carbocycles. The van der Waals surface area contributed by atoms with Crippen LogP contribution in [0.5, 0.6) is 0 Å². The monoisotopic (exact) mass is 295 g/mol. The summed E-state index contributed by atoms with van der Waals surface area (Å²) in [4.78, 5) is 0. The molecule has 104 valence electrons. The quantitative estimate of drug-likeness (QED) is 0.937. The normalized spacial score (nSPS) is 17.8. The Morgan fingerprint density at radius 2 is 2.20 bits per heavy atom. The van der Waals surface area contributed by atoms with E-state index in [2.05, 4.69) is 19.7 Å². The van der Waals surface area contributed by atoms with Crippen molar-refractivity contribution in [2.75, 3.05) is 4.72 Å². The van der Waals surface area contributed by atoms with Crippen molar-refractivity contribution >= 4 is 21.8 Å². The van der Waals surface area contributed by atoms with Crippen LogP contribution < -0.4 is 4.72 Å². The number of sulfonamides is 1. The van der Waals surface area contributed by atoms with Crippen LogP contribution in [0.1, 0.15) is 23.1 Å². The standard InChI is InChI=1S/C12H10FN3O3S/c13-8-3-1-4-9(7-8)16-20(17,18)11-6-2-5-10-12(11)15-19-14-10/h1-5,7,11,16H,6H2. The zero-order valence-electron chi connectivity index (χ0n) is 10.2. The van der Waals surface area contributed by atoms with Gasteiger partial charge in [0.25, 0.3) is 0 Å². The number of hydrogen-bond acceptors (Lipinski definition) is 5. The Labute approximate surface area is 114 Å². The van der Waals surface area contributed by atoms with E-state index in [0.29, 0.717) is 5.69 Å². The van der Waals surface area contributed by atoms with Crippen LogP contribution in [0, 0.1) is 5.82 Å². The van der Waals surface area contributed by atoms with Crippen LogP contribution in [0.25, 0.3) is 6.08 Å². The van der Waals surface area contributed by atoms with Crippen LogP contribution in [0.15, 0.2) is 35.0 Å². The van der Waals surface area contributed by atoms with Crippen LogP contribution in [-0.4, -0.2) is 18.7 Å². The first-order valence-electron chi connectivity index (χ1n) is 5.82. The van der Waals surface area contributed by atoms with Crippen molar-refractivity contribution < 1.29 is 17.4 Å². The Bertz CT molecular complexity index is 770. The Hall–Kier alpha value is -2.22. The predicted molar refractivity (Wildman–Crippen MR) is 69.6 cm³/mol. The predicted octanol–water partition coefficient (Wildman–Crippen LogP) is 2.11. The molecule has 1 heterocycles. The first-order chi connectivity index (χ1) is 9.56. The number of nitrogens with one attached hydrogen (secondary N) is 1. The summed E-state index contributed by atoms with van der Waals surface area (Å²) in [7, 11) is -3.77. The molecular formula is C12H10FN3O3S. The average Bonchev–Trinajstić information content (AvgIpc) is 2.85. The van der Waals surface area contributed by atoms with E-state index in [1.54, 1.807) is 12.2 Å². The minimum Gasteiger partial charge on any atom is -0.283 e. The summed E-state index contributed by atoms with van der Waals surface area (Å²) in [6.07, 6.45) is 3.59. The molecule has 0 spiro atoms. The van der Waals surface area contributed by atoms with E-state index < -0.39 is 21.1 Å². The lowest BCUT2D eigenvalue weighted by atomic mass is 10.1. The van der Waals surface area contributed by atoms with Crippen molar-refractivity contribution in [2.24, 2.45) is 0 Å². The summed E-state index contributed by atoms with van der Waals surface area (Å²) in [5, 5.41) is 6.34. The molecule has 1 N–H and O–H groups in total. The molecule has 2 aromatic rings. The highest BCUT2D eigenvalue weighted by Gasteiger charge is 2.33. The molecule has 0 radical (unpaired) electrons. The van der Waals surface area contributed by atoms with E-state index in [9.17, 15) is 12.8 Å². The van der Waals surface area contributed by atoms with Crippen LogP contribution in [-0.2, 0) is 10.0 Å². The summed E-state index contributed by atoms with van der Waals surface area (Å²) in [5.41, 5.74) is 0.819. The lowest BCUT2D eigenvalue weighted by Gasteiger charge is -2.17. The van der Waals surface area contributed by atoms with Crippen LogP contribution in [0.3, 0.4) is 0 Å². The van der Waals surface area contributed by atoms with Gasteiger partial charge >= 0.3 is 0 Å². The van der Waals surface area contributed by atoms with Gasteiger partial charge in [-0.1, -0.05) is 22.5 Å². The van der Waals surface area contributed by atoms with Gasteiger partial charge in [0.1, 0.15) is 22.5 Å². The van der Waals surface area contributed by atoms with Crippen molar-refractivity contribution in [3.05, 3.63) is 47.5 Å². The molecule has 0 amide bonds. The van der Waals surface area contributed by atoms with Gasteiger partial charge in [-0.2, -0.15) is 0 Å². The number of benzene rings is 1. The van der Waals surface area contributed by atoms with Gasteiger partial charge in [-0.25, -0.2) is 17.4 Å². The molecular weight excluding hydrogens is 285 g/mol. The molecule has 20 heavy (non-hydrogen) atoms. The van der Waals surface area contributed by atoms with Crippen molar-refractivity contribution in [3.8, 4) is 0 Å². The van der Waals surface area contributed by atoms with Gasteiger partial charge in [0.15, 0.2) is 0 Å². The Morgan fingerprint density at radius 3 is 3.00 bits per heavy atom. The van der Waals surface area contributed by atoms with Gasteiger partial charge in [-0.05, 0) is 30.7 Å². The lowest BCUT2D eigenvalue weighted by molar-refractivity contribution is 0.302. The fourth-order valence-corrected chi connectivity index (χ4v) is 3.44. The first kappa shape index (κ1) is 12.8. The summed E-state index contributed by atoms with van der Waals surface area (Å²) < 4.78 is 44.7. The van der Waals surface area contributed by atoms with Gasteiger partial charge in [0, 0.05) is 0 Å². The number of aromatic nitrogens is 2. The number of allylic oxidation sites excluding steroid dienone is 1. The largest absolute Gasteiger partial charge is 0.283 e. The molecule has 0 fully saturated rings. The van der Waals surface area contributed by atoms with Gasteiger partial charge < -0.3 is 0 Å². The minimum absolute atomic E-state index is 0.164. The maximum absolute atomic E-state index is 13.1. The summed E-state index contributed by atoms with van der Waals surface area (Å²) in [5.74, 6) is -0.516. The molecule has 1 aromatic heterocycles. The maximum atomic E-state index is 13.1. The van der Waals surface area contributed by atoms with Crippen molar-refractivity contribution in [3.63, 3.8) is 0 Å². The van der Waals surface area contributed by atoms with Gasteiger partial charge in [-0.15, -0.1) is 0 Å². The topological polar surface area (TPSA) is 85.1 Å². The second kappa shape index (κ2) is 4.71. The molecule has 1 aromatic carbocycles. The second-order valence-corrected chi connectivity index (χ2v) is 6.18. The molecule has 6 nitrogen and oxygen atoms in total. The minimum atomic E-state index is -3.77. The fourth-order valence-electron chi connectivity index (χ4n) is 2.02. The number of nitrogens with zero attached hydrogens (tertiary/aromatic N) is 2. The van der Waals surface area contributed by atoms with Gasteiger partial charge in [-0.3, -0.25) is 4.72 Å². The molecule has 0 saturated carbocycles. The number of anilines is 1. The Balaban J connectivity index is 1.92. The van der Waals surface area contributed by atoms with E-state index in [1.165, 1.54) is 18.2 Å². The molecule has 3 rings (SSSR count). The van der Waals surface area contributed by atoms with E-state index in [0.717, 1.165) is 6.07 Å². The van der Waals surface area contributed by atoms with Crippen molar-refractivity contribution in [1.82, 2.24) is 10.3 Å². The third-order valence-corrected chi connectivity index (χ3v) is 4.62. The molecule has 8 heteroatoms. The van der Waals surface area contributed by atoms with Crippen LogP contribution >= 0.6 is 0 Å². The number of fused-ring (bicyclic) bond motifs is 1. The first-order valence-corrected chi connectivity index (χ1v) is 7.37. The van der Waals surface area contributed by atoms with Crippen LogP contribution in [0.4, 0.5) is 10.1 Å². The molecule has 1 aliphatic rings. The molecule has 0 bridgehead atoms. The molecule has 0 saturated heterocycles. The summed E-state index contributed by atoms with van der Waals surface area (Å²) >= 11 is 0. The van der Waals surface area contributed by atoms with Crippen molar-refractivity contribution in [1.29, 1.82) is 0 Å². The highest BCUT2D eigenvalue weighted by molar-refractivity contribution is 7.92. The Morgan fingerprint density at radius 1 is 1.35 bits per heavy atom. The molecule has 0 aliphatic heterocycles.